The summed E-state index contributed by atoms with van der Waals surface area (Å²) in [6, 6.07) is 13.4. The zero-order valence-electron chi connectivity index (χ0n) is 13.5. The van der Waals surface area contributed by atoms with Crippen LogP contribution in [0.2, 0.25) is 0 Å². The van der Waals surface area contributed by atoms with Crippen LogP contribution in [0.25, 0.3) is 33.5 Å². The standard InChI is InChI=1S/C19H15N5O/c1-12(25)23-16-11-13(7-10-21-16)18-17(14-5-2-3-8-20-14)19-15(24-18)6-4-9-22-19/h2-11,24H,1H3,(H,21,23,25). The lowest BCUT2D eigenvalue weighted by Gasteiger charge is -2.06. The molecule has 0 bridgehead atoms. The van der Waals surface area contributed by atoms with Gasteiger partial charge in [-0.25, -0.2) is 4.98 Å². The first-order valence-electron chi connectivity index (χ1n) is 7.84. The third-order valence-electron chi connectivity index (χ3n) is 3.83. The van der Waals surface area contributed by atoms with E-state index in [0.717, 1.165) is 33.5 Å². The molecule has 1 amide bonds. The first kappa shape index (κ1) is 15.0. The maximum Gasteiger partial charge on any atom is 0.222 e. The molecule has 0 fully saturated rings. The normalized spacial score (nSPS) is 10.8. The number of pyridine rings is 3. The molecule has 4 aromatic rings. The van der Waals surface area contributed by atoms with Gasteiger partial charge in [0.1, 0.15) is 5.82 Å². The van der Waals surface area contributed by atoms with Crippen LogP contribution < -0.4 is 5.32 Å². The highest BCUT2D eigenvalue weighted by Gasteiger charge is 2.17. The Morgan fingerprint density at radius 1 is 1.00 bits per heavy atom. The van der Waals surface area contributed by atoms with Crippen molar-refractivity contribution in [1.29, 1.82) is 0 Å². The van der Waals surface area contributed by atoms with E-state index in [1.165, 1.54) is 6.92 Å². The van der Waals surface area contributed by atoms with E-state index in [2.05, 4.69) is 25.3 Å². The zero-order valence-corrected chi connectivity index (χ0v) is 13.5. The second-order valence-corrected chi connectivity index (χ2v) is 5.60. The van der Waals surface area contributed by atoms with E-state index in [0.29, 0.717) is 5.82 Å². The molecule has 4 heterocycles. The van der Waals surface area contributed by atoms with Gasteiger partial charge in [0.05, 0.1) is 28.0 Å². The number of rotatable bonds is 3. The Hall–Kier alpha value is -3.54. The summed E-state index contributed by atoms with van der Waals surface area (Å²) in [6.07, 6.45) is 5.19. The molecule has 0 aliphatic rings. The molecular weight excluding hydrogens is 314 g/mol. The fourth-order valence-corrected chi connectivity index (χ4v) is 2.83. The summed E-state index contributed by atoms with van der Waals surface area (Å²) in [4.78, 5) is 27.9. The second-order valence-electron chi connectivity index (χ2n) is 5.60. The summed E-state index contributed by atoms with van der Waals surface area (Å²) in [5.74, 6) is 0.344. The van der Waals surface area contributed by atoms with Crippen molar-refractivity contribution in [2.24, 2.45) is 0 Å². The highest BCUT2D eigenvalue weighted by atomic mass is 16.1. The second kappa shape index (κ2) is 6.16. The molecule has 4 aromatic heterocycles. The number of nitrogens with one attached hydrogen (secondary N) is 2. The number of aromatic nitrogens is 4. The Morgan fingerprint density at radius 3 is 2.68 bits per heavy atom. The number of anilines is 1. The lowest BCUT2D eigenvalue weighted by atomic mass is 10.0. The SMILES string of the molecule is CC(=O)Nc1cc(-c2[nH]c3cccnc3c2-c2ccccn2)ccn1. The molecule has 122 valence electrons. The lowest BCUT2D eigenvalue weighted by Crippen LogP contribution is -2.07. The minimum absolute atomic E-state index is 0.159. The summed E-state index contributed by atoms with van der Waals surface area (Å²) in [5.41, 5.74) is 5.33. The monoisotopic (exact) mass is 329 g/mol. The minimum atomic E-state index is -0.159. The quantitative estimate of drug-likeness (QED) is 0.601. The van der Waals surface area contributed by atoms with Crippen LogP contribution in [-0.4, -0.2) is 25.8 Å². The molecule has 0 saturated heterocycles. The number of carbonyl (C=O) groups excluding carboxylic acids is 1. The van der Waals surface area contributed by atoms with Crippen LogP contribution in [-0.2, 0) is 4.79 Å². The van der Waals surface area contributed by atoms with Crippen molar-refractivity contribution < 1.29 is 4.79 Å². The largest absolute Gasteiger partial charge is 0.353 e. The van der Waals surface area contributed by atoms with Crippen molar-refractivity contribution in [3.63, 3.8) is 0 Å². The molecule has 6 nitrogen and oxygen atoms in total. The first-order valence-corrected chi connectivity index (χ1v) is 7.84. The molecule has 6 heteroatoms. The Bertz CT molecular complexity index is 1060. The van der Waals surface area contributed by atoms with Gasteiger partial charge in [0.15, 0.2) is 0 Å². The summed E-state index contributed by atoms with van der Waals surface area (Å²) >= 11 is 0. The topological polar surface area (TPSA) is 83.6 Å². The maximum atomic E-state index is 11.3. The van der Waals surface area contributed by atoms with E-state index >= 15 is 0 Å². The number of H-pyrrole nitrogens is 1. The van der Waals surface area contributed by atoms with Crippen LogP contribution in [0.15, 0.2) is 61.1 Å². The fraction of sp³-hybridized carbons (Fsp3) is 0.0526. The average molecular weight is 329 g/mol. The molecule has 2 N–H and O–H groups in total. The van der Waals surface area contributed by atoms with Gasteiger partial charge in [0.2, 0.25) is 5.91 Å². The lowest BCUT2D eigenvalue weighted by molar-refractivity contribution is -0.114. The van der Waals surface area contributed by atoms with Gasteiger partial charge in [0, 0.05) is 31.1 Å². The Labute approximate surface area is 144 Å². The molecule has 0 atom stereocenters. The minimum Gasteiger partial charge on any atom is -0.353 e. The van der Waals surface area contributed by atoms with Crippen molar-refractivity contribution in [2.75, 3.05) is 5.32 Å². The van der Waals surface area contributed by atoms with Crippen LogP contribution in [0.1, 0.15) is 6.92 Å². The van der Waals surface area contributed by atoms with Gasteiger partial charge >= 0.3 is 0 Å². The van der Waals surface area contributed by atoms with E-state index in [1.54, 1.807) is 18.6 Å². The number of carbonyl (C=O) groups is 1. The van der Waals surface area contributed by atoms with Gasteiger partial charge in [-0.05, 0) is 36.4 Å². The molecule has 0 aromatic carbocycles. The number of hydrogen-bond acceptors (Lipinski definition) is 4. The highest BCUT2D eigenvalue weighted by molar-refractivity contribution is 6.01. The van der Waals surface area contributed by atoms with Gasteiger partial charge in [-0.1, -0.05) is 6.07 Å². The van der Waals surface area contributed by atoms with Crippen molar-refractivity contribution in [3.05, 3.63) is 61.1 Å². The van der Waals surface area contributed by atoms with Crippen LogP contribution in [0.5, 0.6) is 0 Å². The number of nitrogens with zero attached hydrogens (tertiary/aromatic N) is 3. The van der Waals surface area contributed by atoms with Crippen molar-refractivity contribution in [2.45, 2.75) is 6.92 Å². The molecule has 0 spiro atoms. The first-order chi connectivity index (χ1) is 12.2. The molecule has 25 heavy (non-hydrogen) atoms. The summed E-state index contributed by atoms with van der Waals surface area (Å²) in [6.45, 7) is 1.46. The molecule has 0 radical (unpaired) electrons. The van der Waals surface area contributed by atoms with Crippen LogP contribution in [0.3, 0.4) is 0 Å². The van der Waals surface area contributed by atoms with Crippen LogP contribution >= 0.6 is 0 Å². The number of hydrogen-bond donors (Lipinski definition) is 2. The Balaban J connectivity index is 1.95. The third kappa shape index (κ3) is 2.85. The van der Waals surface area contributed by atoms with E-state index in [4.69, 9.17) is 0 Å². The van der Waals surface area contributed by atoms with E-state index in [-0.39, 0.29) is 5.91 Å². The Kier molecular flexibility index (Phi) is 3.70. The smallest absolute Gasteiger partial charge is 0.222 e. The predicted octanol–water partition coefficient (Wildman–Crippen LogP) is 3.65. The highest BCUT2D eigenvalue weighted by Crippen LogP contribution is 2.36. The van der Waals surface area contributed by atoms with E-state index < -0.39 is 0 Å². The van der Waals surface area contributed by atoms with Crippen LogP contribution in [0, 0.1) is 0 Å². The van der Waals surface area contributed by atoms with Crippen molar-refractivity contribution in [3.8, 4) is 22.5 Å². The van der Waals surface area contributed by atoms with Crippen molar-refractivity contribution >= 4 is 22.8 Å². The van der Waals surface area contributed by atoms with Gasteiger partial charge in [-0.3, -0.25) is 14.8 Å². The molecular formula is C19H15N5O. The number of amides is 1. The molecule has 0 saturated carbocycles. The third-order valence-corrected chi connectivity index (χ3v) is 3.83. The maximum absolute atomic E-state index is 11.3. The fourth-order valence-electron chi connectivity index (χ4n) is 2.83. The van der Waals surface area contributed by atoms with Gasteiger partial charge < -0.3 is 10.3 Å². The van der Waals surface area contributed by atoms with E-state index in [9.17, 15) is 4.79 Å². The number of aromatic amines is 1. The molecule has 0 aliphatic heterocycles. The summed E-state index contributed by atoms with van der Waals surface area (Å²) in [5, 5.41) is 2.71. The number of fused-ring (bicyclic) bond motifs is 1. The van der Waals surface area contributed by atoms with E-state index in [1.807, 2.05) is 42.5 Å². The Morgan fingerprint density at radius 2 is 1.88 bits per heavy atom. The summed E-state index contributed by atoms with van der Waals surface area (Å²) in [7, 11) is 0. The predicted molar refractivity (Wildman–Crippen MR) is 96.9 cm³/mol. The molecule has 0 unspecified atom stereocenters. The molecule has 0 aliphatic carbocycles. The van der Waals surface area contributed by atoms with Gasteiger partial charge in [-0.15, -0.1) is 0 Å². The van der Waals surface area contributed by atoms with Crippen molar-refractivity contribution in [1.82, 2.24) is 19.9 Å². The van der Waals surface area contributed by atoms with Gasteiger partial charge in [0.25, 0.3) is 0 Å². The summed E-state index contributed by atoms with van der Waals surface area (Å²) < 4.78 is 0. The van der Waals surface area contributed by atoms with Crippen LogP contribution in [0.4, 0.5) is 5.82 Å². The van der Waals surface area contributed by atoms with Gasteiger partial charge in [-0.2, -0.15) is 0 Å². The zero-order chi connectivity index (χ0) is 17.2. The average Bonchev–Trinajstić information content (AvgIpc) is 3.02. The molecule has 4 rings (SSSR count).